The molecule has 0 atom stereocenters. The van der Waals surface area contributed by atoms with Crippen molar-refractivity contribution < 1.29 is 100 Å². The number of aromatic nitrogens is 4. The molecule has 10 N–H and O–H groups in total. The fourth-order valence-corrected chi connectivity index (χ4v) is 5.19. The van der Waals surface area contributed by atoms with Crippen LogP contribution in [0.25, 0.3) is 22.8 Å². The van der Waals surface area contributed by atoms with Crippen LogP contribution in [-0.2, 0) is 69.1 Å². The minimum absolute atomic E-state index is 0. The van der Waals surface area contributed by atoms with E-state index >= 15 is 0 Å². The maximum absolute atomic E-state index is 10.4. The number of aliphatic carboxylic acids is 4. The van der Waals surface area contributed by atoms with Crippen LogP contribution < -0.4 is 20.4 Å². The summed E-state index contributed by atoms with van der Waals surface area (Å²) in [5.41, 5.74) is 3.66. The first kappa shape index (κ1) is 56.3. The molecule has 16 nitrogen and oxygen atoms in total. The van der Waals surface area contributed by atoms with Crippen LogP contribution in [0.4, 0.5) is 0 Å². The van der Waals surface area contributed by atoms with E-state index < -0.39 is 47.5 Å². The second-order valence-electron chi connectivity index (χ2n) is 11.2. The molecule has 6 rings (SSSR count). The van der Waals surface area contributed by atoms with Gasteiger partial charge in [-0.15, -0.1) is 0 Å². The Bertz CT molecular complexity index is 1330. The predicted molar refractivity (Wildman–Crippen MR) is 183 cm³/mol. The molecular weight excluding hydrogens is 811 g/mol. The minimum atomic E-state index is -1.06. The average Bonchev–Trinajstić information content (AvgIpc) is 3.14. The summed E-state index contributed by atoms with van der Waals surface area (Å²) in [5, 5.41) is 41.4. The maximum Gasteiger partial charge on any atom is 2.00 e. The third kappa shape index (κ3) is 20.1. The number of nitrogens with zero attached hydrogens (tertiary/aromatic N) is 4. The van der Waals surface area contributed by atoms with Gasteiger partial charge in [0.15, 0.2) is 0 Å². The SMILES string of the molecule is O.O.O=C([O-])C1CCC(C(=O)[O-])CC1.O=C([O-])C1CCC(C(=O)[O-])CC1.[OH3+].[OH3+].[Zn+2].[Zn+2].c1ccc(-c2ccccn2)nc1.c1ccc(-c2ccccn2)nc1. The summed E-state index contributed by atoms with van der Waals surface area (Å²) in [6, 6.07) is 23.2. The van der Waals surface area contributed by atoms with E-state index in [1.165, 1.54) is 0 Å². The molecule has 0 amide bonds. The summed E-state index contributed by atoms with van der Waals surface area (Å²) in [5.74, 6) is -6.08. The number of carbonyl (C=O) groups excluding carboxylic acids is 4. The first-order chi connectivity index (χ1) is 23.2. The number of hydrogen-bond acceptors (Lipinski definition) is 12. The van der Waals surface area contributed by atoms with Gasteiger partial charge < -0.3 is 61.5 Å². The van der Waals surface area contributed by atoms with Gasteiger partial charge in [-0.25, -0.2) is 0 Å². The molecule has 2 aliphatic rings. The molecule has 0 unspecified atom stereocenters. The molecule has 4 aromatic rings. The zero-order valence-corrected chi connectivity index (χ0v) is 35.8. The van der Waals surface area contributed by atoms with Crippen molar-refractivity contribution in [2.24, 2.45) is 23.7 Å². The van der Waals surface area contributed by atoms with Gasteiger partial charge in [-0.2, -0.15) is 0 Å². The number of carboxylic acid groups (broad SMARTS) is 4. The van der Waals surface area contributed by atoms with Gasteiger partial charge in [-0.05, 0) is 124 Å². The summed E-state index contributed by atoms with van der Waals surface area (Å²) >= 11 is 0. The minimum Gasteiger partial charge on any atom is -0.550 e. The van der Waals surface area contributed by atoms with Gasteiger partial charge in [-0.3, -0.25) is 19.9 Å². The van der Waals surface area contributed by atoms with Crippen LogP contribution in [0.1, 0.15) is 51.4 Å². The molecule has 0 saturated heterocycles. The number of carboxylic acids is 4. The fraction of sp³-hybridized carbons (Fsp3) is 0.333. The van der Waals surface area contributed by atoms with Crippen LogP contribution in [0, 0.1) is 23.7 Å². The van der Waals surface area contributed by atoms with Gasteiger partial charge in [0.05, 0.1) is 22.8 Å². The van der Waals surface area contributed by atoms with E-state index in [4.69, 9.17) is 0 Å². The normalized spacial score (nSPS) is 17.5. The van der Waals surface area contributed by atoms with Gasteiger partial charge in [0.2, 0.25) is 0 Å². The Labute approximate surface area is 338 Å². The predicted octanol–water partition coefficient (Wildman–Crippen LogP) is -2.63. The summed E-state index contributed by atoms with van der Waals surface area (Å²) in [6.45, 7) is 0. The molecule has 0 radical (unpaired) electrons. The van der Waals surface area contributed by atoms with Gasteiger partial charge in [-0.1, -0.05) is 24.3 Å². The van der Waals surface area contributed by atoms with E-state index in [1.807, 2.05) is 72.8 Å². The van der Waals surface area contributed by atoms with Crippen LogP contribution in [-0.4, -0.2) is 54.8 Å². The second-order valence-corrected chi connectivity index (χ2v) is 11.2. The Kier molecular flexibility index (Phi) is 32.3. The molecule has 284 valence electrons. The summed E-state index contributed by atoms with van der Waals surface area (Å²) in [6.07, 6.45) is 10.3. The van der Waals surface area contributed by atoms with E-state index in [9.17, 15) is 39.6 Å². The molecule has 0 aliphatic heterocycles. The van der Waals surface area contributed by atoms with Crippen LogP contribution in [0.5, 0.6) is 0 Å². The van der Waals surface area contributed by atoms with Gasteiger partial charge >= 0.3 is 39.0 Å². The number of pyridine rings is 4. The second kappa shape index (κ2) is 31.0. The quantitative estimate of drug-likeness (QED) is 0.142. The zero-order valence-electron chi connectivity index (χ0n) is 29.8. The first-order valence-electron chi connectivity index (χ1n) is 15.6. The molecule has 0 aromatic carbocycles. The Morgan fingerprint density at radius 2 is 0.556 bits per heavy atom. The number of rotatable bonds is 6. The van der Waals surface area contributed by atoms with Crippen LogP contribution in [0.3, 0.4) is 0 Å². The maximum atomic E-state index is 10.4. The Hall–Kier alpha value is -4.43. The molecule has 2 aliphatic carbocycles. The molecular formula is C36H46N4O12Zn2+2. The Morgan fingerprint density at radius 3 is 0.667 bits per heavy atom. The van der Waals surface area contributed by atoms with E-state index in [1.54, 1.807) is 24.8 Å². The summed E-state index contributed by atoms with van der Waals surface area (Å²) < 4.78 is 0. The van der Waals surface area contributed by atoms with Gasteiger partial charge in [0.25, 0.3) is 0 Å². The summed E-state index contributed by atoms with van der Waals surface area (Å²) in [7, 11) is 0. The number of hydrogen-bond donors (Lipinski definition) is 0. The average molecular weight is 858 g/mol. The Morgan fingerprint density at radius 1 is 0.389 bits per heavy atom. The van der Waals surface area contributed by atoms with Crippen molar-refractivity contribution in [3.05, 3.63) is 97.6 Å². The third-order valence-electron chi connectivity index (χ3n) is 7.97. The van der Waals surface area contributed by atoms with Crippen molar-refractivity contribution in [2.45, 2.75) is 51.4 Å². The smallest absolute Gasteiger partial charge is 0.550 e. The third-order valence-corrected chi connectivity index (χ3v) is 7.97. The van der Waals surface area contributed by atoms with E-state index in [0.29, 0.717) is 51.4 Å². The van der Waals surface area contributed by atoms with Crippen LogP contribution >= 0.6 is 0 Å². The molecule has 2 fully saturated rings. The molecule has 4 aromatic heterocycles. The molecule has 2 saturated carbocycles. The van der Waals surface area contributed by atoms with Crippen molar-refractivity contribution >= 4 is 23.9 Å². The first-order valence-corrected chi connectivity index (χ1v) is 15.6. The van der Waals surface area contributed by atoms with Crippen molar-refractivity contribution in [1.82, 2.24) is 19.9 Å². The molecule has 0 bridgehead atoms. The fourth-order valence-electron chi connectivity index (χ4n) is 5.19. The summed E-state index contributed by atoms with van der Waals surface area (Å²) in [4.78, 5) is 58.2. The van der Waals surface area contributed by atoms with Crippen molar-refractivity contribution in [3.63, 3.8) is 0 Å². The molecule has 54 heavy (non-hydrogen) atoms. The van der Waals surface area contributed by atoms with Crippen LogP contribution in [0.15, 0.2) is 97.6 Å². The van der Waals surface area contributed by atoms with Crippen LogP contribution in [0.2, 0.25) is 0 Å². The number of carbonyl (C=O) groups is 4. The molecule has 0 spiro atoms. The van der Waals surface area contributed by atoms with E-state index in [0.717, 1.165) is 22.8 Å². The monoisotopic (exact) mass is 854 g/mol. The molecule has 4 heterocycles. The zero-order chi connectivity index (χ0) is 34.7. The molecule has 18 heteroatoms. The van der Waals surface area contributed by atoms with E-state index in [2.05, 4.69) is 19.9 Å². The van der Waals surface area contributed by atoms with E-state index in [-0.39, 0.29) is 60.9 Å². The van der Waals surface area contributed by atoms with Crippen molar-refractivity contribution in [1.29, 1.82) is 0 Å². The topological polar surface area (TPSA) is 341 Å². The van der Waals surface area contributed by atoms with Crippen molar-refractivity contribution in [3.8, 4) is 22.8 Å². The van der Waals surface area contributed by atoms with Gasteiger partial charge in [0.1, 0.15) is 0 Å². The largest absolute Gasteiger partial charge is 2.00 e. The van der Waals surface area contributed by atoms with Crippen molar-refractivity contribution in [2.75, 3.05) is 0 Å². The standard InChI is InChI=1S/2C10H8N2.2C8H12O4.4H2O.2Zn/c2*1-3-7-11-9(5-1)10-6-2-4-8-12-10;2*9-7(10)5-1-2-6(4-3-5)8(11)12;;;;;;/h2*1-8H;2*5-6H,1-4H2,(H,9,10)(H,11,12);4*1H2;;/q;;;;;;;;2*+2/p-2. The Balaban J connectivity index is -0.000000298. The van der Waals surface area contributed by atoms with Gasteiger partial charge in [0, 0.05) is 48.7 Å².